The number of methoxy groups -OCH3 is 1. The van der Waals surface area contributed by atoms with E-state index in [0.717, 1.165) is 0 Å². The summed E-state index contributed by atoms with van der Waals surface area (Å²) in [5.41, 5.74) is 0.552. The lowest BCUT2D eigenvalue weighted by Crippen LogP contribution is -2.20. The van der Waals surface area contributed by atoms with E-state index in [0.29, 0.717) is 28.6 Å². The first-order chi connectivity index (χ1) is 22.7. The molecule has 4 rings (SSSR count). The van der Waals surface area contributed by atoms with E-state index in [1.807, 2.05) is 0 Å². The average Bonchev–Trinajstić information content (AvgIpc) is 3.09. The highest BCUT2D eigenvalue weighted by Crippen LogP contribution is 2.37. The van der Waals surface area contributed by atoms with Crippen molar-refractivity contribution in [3.8, 4) is 17.2 Å². The number of nitrogens with one attached hydrogen (secondary N) is 1. The maximum atomic E-state index is 14.2. The number of halogens is 10. The number of benzene rings is 4. The molecule has 6 nitrogen and oxygen atoms in total. The lowest BCUT2D eigenvalue weighted by Gasteiger charge is -2.20. The van der Waals surface area contributed by atoms with Gasteiger partial charge in [-0.25, -0.2) is 26.3 Å². The number of esters is 2. The third kappa shape index (κ3) is 7.11. The first kappa shape index (κ1) is 35.8. The summed E-state index contributed by atoms with van der Waals surface area (Å²) in [4.78, 5) is 24.9. The molecule has 0 unspecified atom stereocenters. The van der Waals surface area contributed by atoms with Crippen LogP contribution in [0.1, 0.15) is 44.1 Å². The zero-order valence-corrected chi connectivity index (χ0v) is 24.8. The predicted molar refractivity (Wildman–Crippen MR) is 150 cm³/mol. The molecule has 4 aromatic carbocycles. The van der Waals surface area contributed by atoms with Crippen molar-refractivity contribution in [2.45, 2.75) is 38.5 Å². The minimum Gasteiger partial charge on any atom is -0.497 e. The largest absolute Gasteiger partial charge is 0.497 e. The summed E-state index contributed by atoms with van der Waals surface area (Å²) < 4.78 is 151. The van der Waals surface area contributed by atoms with Crippen molar-refractivity contribution in [1.82, 2.24) is 0 Å². The van der Waals surface area contributed by atoms with Crippen LogP contribution < -0.4 is 19.5 Å². The Balaban J connectivity index is 1.46. The van der Waals surface area contributed by atoms with Crippen molar-refractivity contribution in [2.75, 3.05) is 19.0 Å². The number of unbranched alkanes of at least 4 members (excludes halogenated alkanes) is 2. The number of ether oxygens (including phenoxy) is 3. The third-order valence-electron chi connectivity index (χ3n) is 7.20. The molecule has 1 N–H and O–H groups in total. The monoisotopic (exact) mass is 691 g/mol. The molecule has 0 fully saturated rings. The third-order valence-corrected chi connectivity index (χ3v) is 7.20. The Bertz CT molecular complexity index is 1840. The normalized spacial score (nSPS) is 11.8. The molecule has 0 aliphatic carbocycles. The second-order valence-corrected chi connectivity index (χ2v) is 10.3. The Morgan fingerprint density at radius 2 is 1.19 bits per heavy atom. The number of hydrogen-bond acceptors (Lipinski definition) is 6. The lowest BCUT2D eigenvalue weighted by molar-refractivity contribution is -0.136. The molecule has 48 heavy (non-hydrogen) atoms. The summed E-state index contributed by atoms with van der Waals surface area (Å²) in [6.07, 6.45) is 0.232. The Labute approximate surface area is 265 Å². The SMILES string of the molecule is COc1ccc2c(NCCCCCC(=O)Oc3c(F)c(F)c(F)c(F)c3F)c([C@H](C)C(=O)Oc3c(F)c(F)c(F)c(F)c3F)ccc2c1. The summed E-state index contributed by atoms with van der Waals surface area (Å²) >= 11 is 0. The van der Waals surface area contributed by atoms with Gasteiger partial charge in [-0.2, -0.15) is 17.6 Å². The highest BCUT2D eigenvalue weighted by Gasteiger charge is 2.31. The summed E-state index contributed by atoms with van der Waals surface area (Å²) in [5.74, 6) is -30.1. The minimum absolute atomic E-state index is 0.0696. The van der Waals surface area contributed by atoms with Crippen LogP contribution in [0, 0.1) is 58.2 Å². The summed E-state index contributed by atoms with van der Waals surface area (Å²) in [5, 5.41) is 4.26. The fourth-order valence-electron chi connectivity index (χ4n) is 4.62. The number of fused-ring (bicyclic) bond motifs is 1. The number of hydrogen-bond donors (Lipinski definition) is 1. The highest BCUT2D eigenvalue weighted by molar-refractivity contribution is 5.98. The van der Waals surface area contributed by atoms with E-state index in [9.17, 15) is 53.5 Å². The molecule has 0 saturated heterocycles. The Hall–Kier alpha value is -5.02. The van der Waals surface area contributed by atoms with E-state index in [4.69, 9.17) is 4.74 Å². The van der Waals surface area contributed by atoms with Gasteiger partial charge in [0.1, 0.15) is 5.75 Å². The van der Waals surface area contributed by atoms with Crippen LogP contribution in [0.4, 0.5) is 49.6 Å². The van der Waals surface area contributed by atoms with Crippen LogP contribution in [-0.4, -0.2) is 25.6 Å². The maximum absolute atomic E-state index is 14.2. The average molecular weight is 692 g/mol. The standard InChI is InChI=1S/C32H23F10NO5/c1-13(32(45)48-31-27(41)23(37)20(34)24(38)28(31)42)16-9-7-14-12-15(46-2)8-10-17(14)29(16)43-11-5-3-4-6-18(44)47-30-25(39)21(35)19(33)22(36)26(30)40/h7-10,12-13,43H,3-6,11H2,1-2H3/t13-/m0/s1. The molecular formula is C32H23F10NO5. The fraction of sp³-hybridized carbons (Fsp3) is 0.250. The van der Waals surface area contributed by atoms with Gasteiger partial charge in [-0.3, -0.25) is 9.59 Å². The quantitative estimate of drug-likeness (QED) is 0.0401. The molecule has 0 radical (unpaired) electrons. The van der Waals surface area contributed by atoms with Gasteiger partial charge in [-0.15, -0.1) is 0 Å². The first-order valence-electron chi connectivity index (χ1n) is 14.0. The Kier molecular flexibility index (Phi) is 11.1. The minimum atomic E-state index is -2.42. The van der Waals surface area contributed by atoms with E-state index in [1.165, 1.54) is 20.1 Å². The van der Waals surface area contributed by atoms with Crippen molar-refractivity contribution in [3.05, 3.63) is 94.1 Å². The smallest absolute Gasteiger partial charge is 0.318 e. The summed E-state index contributed by atoms with van der Waals surface area (Å²) in [6.45, 7) is 1.45. The zero-order valence-electron chi connectivity index (χ0n) is 24.8. The topological polar surface area (TPSA) is 73.9 Å². The van der Waals surface area contributed by atoms with Gasteiger partial charge in [0.2, 0.25) is 69.7 Å². The van der Waals surface area contributed by atoms with E-state index in [1.54, 1.807) is 24.3 Å². The predicted octanol–water partition coefficient (Wildman–Crippen LogP) is 8.53. The Morgan fingerprint density at radius 3 is 1.73 bits per heavy atom. The van der Waals surface area contributed by atoms with E-state index < -0.39 is 93.9 Å². The molecular weight excluding hydrogens is 668 g/mol. The van der Waals surface area contributed by atoms with Gasteiger partial charge >= 0.3 is 11.9 Å². The molecule has 0 aliphatic heterocycles. The van der Waals surface area contributed by atoms with Crippen molar-refractivity contribution in [3.63, 3.8) is 0 Å². The Morgan fingerprint density at radius 1 is 0.667 bits per heavy atom. The van der Waals surface area contributed by atoms with Crippen molar-refractivity contribution in [1.29, 1.82) is 0 Å². The molecule has 0 bridgehead atoms. The molecule has 1 atom stereocenters. The van der Waals surface area contributed by atoms with Crippen molar-refractivity contribution >= 4 is 28.4 Å². The van der Waals surface area contributed by atoms with Crippen LogP contribution in [0.2, 0.25) is 0 Å². The van der Waals surface area contributed by atoms with Crippen LogP contribution in [0.5, 0.6) is 17.2 Å². The van der Waals surface area contributed by atoms with Crippen LogP contribution in [-0.2, 0) is 9.59 Å². The van der Waals surface area contributed by atoms with Gasteiger partial charge < -0.3 is 19.5 Å². The number of carbonyl (C=O) groups excluding carboxylic acids is 2. The van der Waals surface area contributed by atoms with E-state index in [-0.39, 0.29) is 24.9 Å². The highest BCUT2D eigenvalue weighted by atomic mass is 19.2. The molecule has 0 saturated carbocycles. The molecule has 0 aliphatic rings. The molecule has 256 valence electrons. The van der Waals surface area contributed by atoms with E-state index in [2.05, 4.69) is 14.8 Å². The van der Waals surface area contributed by atoms with Gasteiger partial charge in [0.05, 0.1) is 13.0 Å². The number of rotatable bonds is 12. The van der Waals surface area contributed by atoms with Crippen LogP contribution >= 0.6 is 0 Å². The summed E-state index contributed by atoms with van der Waals surface area (Å²) in [7, 11) is 1.44. The fourth-order valence-corrected chi connectivity index (χ4v) is 4.62. The van der Waals surface area contributed by atoms with Crippen molar-refractivity contribution in [2.24, 2.45) is 0 Å². The maximum Gasteiger partial charge on any atom is 0.318 e. The lowest BCUT2D eigenvalue weighted by atomic mass is 9.94. The number of carbonyl (C=O) groups is 2. The molecule has 0 heterocycles. The molecule has 16 heteroatoms. The van der Waals surface area contributed by atoms with Gasteiger partial charge in [-0.1, -0.05) is 18.6 Å². The van der Waals surface area contributed by atoms with Gasteiger partial charge in [0.15, 0.2) is 0 Å². The van der Waals surface area contributed by atoms with Crippen LogP contribution in [0.3, 0.4) is 0 Å². The molecule has 0 amide bonds. The van der Waals surface area contributed by atoms with Crippen LogP contribution in [0.25, 0.3) is 10.8 Å². The first-order valence-corrected chi connectivity index (χ1v) is 14.0. The van der Waals surface area contributed by atoms with E-state index >= 15 is 0 Å². The van der Waals surface area contributed by atoms with Gasteiger partial charge in [0.25, 0.3) is 0 Å². The molecule has 0 spiro atoms. The van der Waals surface area contributed by atoms with Crippen molar-refractivity contribution < 1.29 is 67.7 Å². The molecule has 4 aromatic rings. The summed E-state index contributed by atoms with van der Waals surface area (Å²) in [6, 6.07) is 7.97. The van der Waals surface area contributed by atoms with Crippen LogP contribution in [0.15, 0.2) is 30.3 Å². The second-order valence-electron chi connectivity index (χ2n) is 10.3. The zero-order chi connectivity index (χ0) is 35.4. The van der Waals surface area contributed by atoms with Gasteiger partial charge in [-0.05, 0) is 48.9 Å². The number of anilines is 1. The molecule has 0 aromatic heterocycles. The van der Waals surface area contributed by atoms with Gasteiger partial charge in [0, 0.05) is 24.0 Å². The second kappa shape index (κ2) is 14.8.